The molecule has 0 bridgehead atoms. The minimum Gasteiger partial charge on any atom is -0.324 e. The van der Waals surface area contributed by atoms with Crippen molar-refractivity contribution in [1.82, 2.24) is 0 Å². The molecule has 2 rings (SSSR count). The Balaban J connectivity index is 2.69. The molecule has 4 nitrogen and oxygen atoms in total. The van der Waals surface area contributed by atoms with Crippen molar-refractivity contribution in [2.24, 2.45) is 5.73 Å². The van der Waals surface area contributed by atoms with Crippen LogP contribution in [0.25, 0.3) is 11.1 Å². The van der Waals surface area contributed by atoms with Gasteiger partial charge in [0.15, 0.2) is 0 Å². The number of benzene rings is 2. The fourth-order valence-corrected chi connectivity index (χ4v) is 2.78. The van der Waals surface area contributed by atoms with E-state index >= 15 is 0 Å². The second kappa shape index (κ2) is 5.36. The van der Waals surface area contributed by atoms with Gasteiger partial charge in [0.2, 0.25) is 0 Å². The van der Waals surface area contributed by atoms with Gasteiger partial charge < -0.3 is 5.73 Å². The summed E-state index contributed by atoms with van der Waals surface area (Å²) in [4.78, 5) is -0.0927. The van der Waals surface area contributed by atoms with E-state index in [0.717, 1.165) is 16.7 Å². The van der Waals surface area contributed by atoms with Gasteiger partial charge in [0.25, 0.3) is 10.1 Å². The standard InChI is InChI=1S/C15H17NO3S/c1-10-6-7-15(20(17,18)19)14(8-10)13-5-3-4-12(9-13)11(2)16/h3-9,11H,16H2,1-2H3,(H,17,18,19)/t11-/m1/s1. The molecular weight excluding hydrogens is 274 g/mol. The van der Waals surface area contributed by atoms with E-state index in [9.17, 15) is 13.0 Å². The van der Waals surface area contributed by atoms with Crippen LogP contribution in [-0.2, 0) is 10.1 Å². The second-order valence-electron chi connectivity index (χ2n) is 4.89. The zero-order valence-corrected chi connectivity index (χ0v) is 12.2. The van der Waals surface area contributed by atoms with Gasteiger partial charge >= 0.3 is 0 Å². The van der Waals surface area contributed by atoms with E-state index < -0.39 is 10.1 Å². The van der Waals surface area contributed by atoms with Crippen LogP contribution < -0.4 is 5.73 Å². The molecule has 0 amide bonds. The lowest BCUT2D eigenvalue weighted by Crippen LogP contribution is -2.05. The van der Waals surface area contributed by atoms with Gasteiger partial charge in [0.1, 0.15) is 4.90 Å². The van der Waals surface area contributed by atoms with Crippen LogP contribution in [0.1, 0.15) is 24.1 Å². The van der Waals surface area contributed by atoms with E-state index in [1.165, 1.54) is 6.07 Å². The van der Waals surface area contributed by atoms with E-state index in [1.54, 1.807) is 18.2 Å². The third kappa shape index (κ3) is 3.07. The number of hydrogen-bond donors (Lipinski definition) is 2. The van der Waals surface area contributed by atoms with Crippen LogP contribution in [0.4, 0.5) is 0 Å². The van der Waals surface area contributed by atoms with Crippen LogP contribution in [0.15, 0.2) is 47.4 Å². The fourth-order valence-electron chi connectivity index (χ4n) is 2.08. The summed E-state index contributed by atoms with van der Waals surface area (Å²) in [6.45, 7) is 3.73. The lowest BCUT2D eigenvalue weighted by atomic mass is 9.99. The Kier molecular flexibility index (Phi) is 3.94. The molecule has 0 heterocycles. The Labute approximate surface area is 119 Å². The first-order valence-electron chi connectivity index (χ1n) is 6.23. The van der Waals surface area contributed by atoms with E-state index in [-0.39, 0.29) is 10.9 Å². The summed E-state index contributed by atoms with van der Waals surface area (Å²) in [6, 6.07) is 12.0. The fraction of sp³-hybridized carbons (Fsp3) is 0.200. The van der Waals surface area contributed by atoms with Gasteiger partial charge in [-0.05, 0) is 37.1 Å². The SMILES string of the molecule is Cc1ccc(S(=O)(=O)O)c(-c2cccc([C@@H](C)N)c2)c1. The molecule has 0 aliphatic heterocycles. The molecule has 0 saturated heterocycles. The predicted molar refractivity (Wildman–Crippen MR) is 79.0 cm³/mol. The summed E-state index contributed by atoms with van der Waals surface area (Å²) in [5.74, 6) is 0. The Bertz CT molecular complexity index is 737. The Hall–Kier alpha value is -1.69. The molecule has 3 N–H and O–H groups in total. The summed E-state index contributed by atoms with van der Waals surface area (Å²) < 4.78 is 32.3. The summed E-state index contributed by atoms with van der Waals surface area (Å²) >= 11 is 0. The number of nitrogens with two attached hydrogens (primary N) is 1. The third-order valence-electron chi connectivity index (χ3n) is 3.14. The minimum absolute atomic E-state index is 0.0927. The molecule has 2 aromatic carbocycles. The van der Waals surface area contributed by atoms with E-state index in [0.29, 0.717) is 5.56 Å². The first-order chi connectivity index (χ1) is 9.29. The van der Waals surface area contributed by atoms with Crippen molar-refractivity contribution < 1.29 is 13.0 Å². The highest BCUT2D eigenvalue weighted by molar-refractivity contribution is 7.86. The zero-order chi connectivity index (χ0) is 14.9. The lowest BCUT2D eigenvalue weighted by molar-refractivity contribution is 0.483. The normalized spacial score (nSPS) is 13.2. The monoisotopic (exact) mass is 291 g/mol. The molecule has 5 heteroatoms. The molecule has 1 atom stereocenters. The van der Waals surface area contributed by atoms with Gasteiger partial charge in [-0.3, -0.25) is 4.55 Å². The van der Waals surface area contributed by atoms with Crippen molar-refractivity contribution in [2.75, 3.05) is 0 Å². The highest BCUT2D eigenvalue weighted by atomic mass is 32.2. The van der Waals surface area contributed by atoms with Gasteiger partial charge in [-0.25, -0.2) is 0 Å². The van der Waals surface area contributed by atoms with Gasteiger partial charge in [-0.1, -0.05) is 35.9 Å². The molecule has 106 valence electrons. The van der Waals surface area contributed by atoms with Gasteiger partial charge in [0.05, 0.1) is 0 Å². The Morgan fingerprint density at radius 1 is 1.15 bits per heavy atom. The topological polar surface area (TPSA) is 80.4 Å². The van der Waals surface area contributed by atoms with Crippen molar-refractivity contribution in [3.8, 4) is 11.1 Å². The van der Waals surface area contributed by atoms with Crippen molar-refractivity contribution in [3.05, 3.63) is 53.6 Å². The number of aryl methyl sites for hydroxylation is 1. The first-order valence-corrected chi connectivity index (χ1v) is 7.67. The van der Waals surface area contributed by atoms with E-state index in [2.05, 4.69) is 0 Å². The highest BCUT2D eigenvalue weighted by Crippen LogP contribution is 2.29. The Morgan fingerprint density at radius 2 is 1.85 bits per heavy atom. The van der Waals surface area contributed by atoms with Crippen molar-refractivity contribution in [1.29, 1.82) is 0 Å². The van der Waals surface area contributed by atoms with Crippen LogP contribution in [0.2, 0.25) is 0 Å². The molecule has 0 spiro atoms. The van der Waals surface area contributed by atoms with Gasteiger partial charge in [0, 0.05) is 11.6 Å². The maximum atomic E-state index is 11.5. The molecule has 0 saturated carbocycles. The lowest BCUT2D eigenvalue weighted by Gasteiger charge is -2.11. The van der Waals surface area contributed by atoms with Gasteiger partial charge in [-0.2, -0.15) is 8.42 Å². The van der Waals surface area contributed by atoms with Crippen LogP contribution in [0, 0.1) is 6.92 Å². The minimum atomic E-state index is -4.26. The average Bonchev–Trinajstić information content (AvgIpc) is 2.37. The highest BCUT2D eigenvalue weighted by Gasteiger charge is 2.17. The average molecular weight is 291 g/mol. The maximum absolute atomic E-state index is 11.5. The molecular formula is C15H17NO3S. The maximum Gasteiger partial charge on any atom is 0.295 e. The predicted octanol–water partition coefficient (Wildman–Crippen LogP) is 2.93. The van der Waals surface area contributed by atoms with Crippen molar-refractivity contribution >= 4 is 10.1 Å². The molecule has 0 aliphatic rings. The zero-order valence-electron chi connectivity index (χ0n) is 11.4. The van der Waals surface area contributed by atoms with E-state index in [4.69, 9.17) is 5.73 Å². The quantitative estimate of drug-likeness (QED) is 0.852. The van der Waals surface area contributed by atoms with Crippen LogP contribution in [0.3, 0.4) is 0 Å². The largest absolute Gasteiger partial charge is 0.324 e. The summed E-state index contributed by atoms with van der Waals surface area (Å²) in [6.07, 6.45) is 0. The number of hydrogen-bond acceptors (Lipinski definition) is 3. The van der Waals surface area contributed by atoms with Gasteiger partial charge in [-0.15, -0.1) is 0 Å². The Morgan fingerprint density at radius 3 is 2.45 bits per heavy atom. The molecule has 0 unspecified atom stereocenters. The molecule has 20 heavy (non-hydrogen) atoms. The molecule has 0 radical (unpaired) electrons. The van der Waals surface area contributed by atoms with Crippen molar-refractivity contribution in [3.63, 3.8) is 0 Å². The first kappa shape index (κ1) is 14.7. The number of rotatable bonds is 3. The van der Waals surface area contributed by atoms with Crippen LogP contribution >= 0.6 is 0 Å². The van der Waals surface area contributed by atoms with Crippen molar-refractivity contribution in [2.45, 2.75) is 24.8 Å². The molecule has 2 aromatic rings. The van der Waals surface area contributed by atoms with Crippen LogP contribution in [0.5, 0.6) is 0 Å². The summed E-state index contributed by atoms with van der Waals surface area (Å²) in [5.41, 5.74) is 8.87. The molecule has 0 fully saturated rings. The van der Waals surface area contributed by atoms with E-state index in [1.807, 2.05) is 32.0 Å². The molecule has 0 aliphatic carbocycles. The smallest absolute Gasteiger partial charge is 0.295 e. The van der Waals surface area contributed by atoms with Crippen LogP contribution in [-0.4, -0.2) is 13.0 Å². The molecule has 0 aromatic heterocycles. The summed E-state index contributed by atoms with van der Waals surface area (Å²) in [7, 11) is -4.26. The third-order valence-corrected chi connectivity index (χ3v) is 4.05. The second-order valence-corrected chi connectivity index (χ2v) is 6.28. The summed E-state index contributed by atoms with van der Waals surface area (Å²) in [5, 5.41) is 0.